The second kappa shape index (κ2) is 5.80. The summed E-state index contributed by atoms with van der Waals surface area (Å²) in [6.07, 6.45) is 0.0178. The summed E-state index contributed by atoms with van der Waals surface area (Å²) in [5.41, 5.74) is 0.388. The lowest BCUT2D eigenvalue weighted by Crippen LogP contribution is -2.42. The second-order valence-corrected chi connectivity index (χ2v) is 6.17. The van der Waals surface area contributed by atoms with Crippen LogP contribution in [-0.2, 0) is 19.5 Å². The summed E-state index contributed by atoms with van der Waals surface area (Å²) in [6, 6.07) is 4.60. The molecule has 0 aliphatic carbocycles. The third-order valence-electron chi connectivity index (χ3n) is 2.81. The Labute approximate surface area is 121 Å². The first-order chi connectivity index (χ1) is 9.79. The van der Waals surface area contributed by atoms with Crippen LogP contribution < -0.4 is 4.72 Å². The third-order valence-corrected chi connectivity index (χ3v) is 4.22. The number of hydrogen-bond acceptors (Lipinski definition) is 6. The van der Waals surface area contributed by atoms with Gasteiger partial charge in [-0.05, 0) is 26.0 Å². The minimum absolute atomic E-state index is 0.0800. The zero-order chi connectivity index (χ0) is 15.6. The number of nitrogens with one attached hydrogen (secondary N) is 1. The van der Waals surface area contributed by atoms with Gasteiger partial charge in [0.25, 0.3) is 5.69 Å². The maximum Gasteiger partial charge on any atom is 0.269 e. The maximum atomic E-state index is 12.2. The largest absolute Gasteiger partial charge is 0.473 e. The molecule has 1 aromatic carbocycles. The van der Waals surface area contributed by atoms with E-state index in [4.69, 9.17) is 9.47 Å². The molecule has 0 spiro atoms. The van der Waals surface area contributed by atoms with Gasteiger partial charge in [0.15, 0.2) is 12.5 Å². The summed E-state index contributed by atoms with van der Waals surface area (Å²) >= 11 is 0. The first-order valence-electron chi connectivity index (χ1n) is 6.04. The fourth-order valence-electron chi connectivity index (χ4n) is 1.67. The number of benzene rings is 1. The zero-order valence-corrected chi connectivity index (χ0v) is 12.2. The first kappa shape index (κ1) is 15.4. The van der Waals surface area contributed by atoms with Gasteiger partial charge in [0, 0.05) is 17.7 Å². The Morgan fingerprint density at radius 2 is 1.90 bits per heavy atom. The molecular weight excluding hydrogens is 300 g/mol. The second-order valence-electron chi connectivity index (χ2n) is 4.45. The van der Waals surface area contributed by atoms with E-state index < -0.39 is 27.5 Å². The maximum absolute atomic E-state index is 12.2. The molecule has 1 aliphatic rings. The van der Waals surface area contributed by atoms with Crippen LogP contribution in [-0.4, -0.2) is 25.9 Å². The van der Waals surface area contributed by atoms with Crippen molar-refractivity contribution in [1.29, 1.82) is 0 Å². The Morgan fingerprint density at radius 3 is 2.48 bits per heavy atom. The van der Waals surface area contributed by atoms with Crippen molar-refractivity contribution in [2.45, 2.75) is 31.3 Å². The molecule has 0 radical (unpaired) electrons. The monoisotopic (exact) mass is 314 g/mol. The molecule has 8 nitrogen and oxygen atoms in total. The summed E-state index contributed by atoms with van der Waals surface area (Å²) in [5, 5.41) is 10.6. The van der Waals surface area contributed by atoms with E-state index in [1.165, 1.54) is 18.4 Å². The lowest BCUT2D eigenvalue weighted by molar-refractivity contribution is -0.384. The number of ether oxygens (including phenoxy) is 2. The molecule has 2 atom stereocenters. The number of non-ortho nitro benzene ring substituents is 1. The molecule has 2 rings (SSSR count). The van der Waals surface area contributed by atoms with E-state index in [9.17, 15) is 18.5 Å². The van der Waals surface area contributed by atoms with Crippen LogP contribution in [0.25, 0.3) is 0 Å². The van der Waals surface area contributed by atoms with Gasteiger partial charge in [-0.1, -0.05) is 0 Å². The number of rotatable bonds is 4. The zero-order valence-electron chi connectivity index (χ0n) is 11.3. The van der Waals surface area contributed by atoms with Crippen LogP contribution in [0.3, 0.4) is 0 Å². The molecule has 1 N–H and O–H groups in total. The van der Waals surface area contributed by atoms with Gasteiger partial charge in [-0.25, -0.2) is 8.42 Å². The molecule has 0 aromatic heterocycles. The van der Waals surface area contributed by atoms with Crippen molar-refractivity contribution in [2.24, 2.45) is 0 Å². The summed E-state index contributed by atoms with van der Waals surface area (Å²) in [7, 11) is -3.85. The summed E-state index contributed by atoms with van der Waals surface area (Å²) in [5.74, 6) is 0. The van der Waals surface area contributed by atoms with Gasteiger partial charge in [0.2, 0.25) is 10.0 Å². The molecular formula is C12H14N2O6S. The molecule has 0 bridgehead atoms. The van der Waals surface area contributed by atoms with Crippen LogP contribution in [0.5, 0.6) is 0 Å². The molecule has 1 aromatic rings. The van der Waals surface area contributed by atoms with E-state index in [0.717, 1.165) is 12.1 Å². The van der Waals surface area contributed by atoms with Gasteiger partial charge in [0.05, 0.1) is 16.1 Å². The molecule has 9 heteroatoms. The molecule has 1 aliphatic heterocycles. The predicted molar refractivity (Wildman–Crippen MR) is 72.6 cm³/mol. The standard InChI is InChI=1S/C12H14N2O6S/c1-8-7-19-9(2)20-12(8)13-21(17,18)11-5-3-10(4-6-11)14(15)16/h3-7,9,12-13H,1-2H3/t9-,12+/m0/s1. The summed E-state index contributed by atoms with van der Waals surface area (Å²) in [4.78, 5) is 9.88. The number of hydrogen-bond donors (Lipinski definition) is 1. The number of sulfonamides is 1. The van der Waals surface area contributed by atoms with Gasteiger partial charge in [-0.3, -0.25) is 10.1 Å². The van der Waals surface area contributed by atoms with Crippen molar-refractivity contribution in [3.63, 3.8) is 0 Å². The summed E-state index contributed by atoms with van der Waals surface area (Å²) < 4.78 is 37.2. The van der Waals surface area contributed by atoms with E-state index >= 15 is 0 Å². The smallest absolute Gasteiger partial charge is 0.269 e. The fourth-order valence-corrected chi connectivity index (χ4v) is 2.83. The Morgan fingerprint density at radius 1 is 1.29 bits per heavy atom. The average Bonchev–Trinajstić information content (AvgIpc) is 2.43. The van der Waals surface area contributed by atoms with E-state index in [2.05, 4.69) is 4.72 Å². The highest BCUT2D eigenvalue weighted by Gasteiger charge is 2.26. The Bertz CT molecular complexity index is 667. The van der Waals surface area contributed by atoms with Crippen LogP contribution in [0.2, 0.25) is 0 Å². The SMILES string of the molecule is CC1=CO[C@H](C)O[C@H]1NS(=O)(=O)c1ccc([N+](=O)[O-])cc1. The van der Waals surface area contributed by atoms with Crippen LogP contribution in [0.1, 0.15) is 13.8 Å². The van der Waals surface area contributed by atoms with Crippen LogP contribution >= 0.6 is 0 Å². The molecule has 1 heterocycles. The van der Waals surface area contributed by atoms with E-state index in [1.807, 2.05) is 0 Å². The molecule has 0 saturated heterocycles. The van der Waals surface area contributed by atoms with E-state index in [1.54, 1.807) is 13.8 Å². The van der Waals surface area contributed by atoms with Crippen LogP contribution in [0, 0.1) is 10.1 Å². The van der Waals surface area contributed by atoms with Crippen molar-refractivity contribution >= 4 is 15.7 Å². The highest BCUT2D eigenvalue weighted by molar-refractivity contribution is 7.89. The van der Waals surface area contributed by atoms with Crippen molar-refractivity contribution in [3.8, 4) is 0 Å². The van der Waals surface area contributed by atoms with Gasteiger partial charge >= 0.3 is 0 Å². The molecule has 0 saturated carbocycles. The summed E-state index contributed by atoms with van der Waals surface area (Å²) in [6.45, 7) is 3.30. The van der Waals surface area contributed by atoms with Crippen molar-refractivity contribution in [2.75, 3.05) is 0 Å². The Hall–Kier alpha value is -1.97. The molecule has 21 heavy (non-hydrogen) atoms. The molecule has 0 unspecified atom stereocenters. The topological polar surface area (TPSA) is 108 Å². The van der Waals surface area contributed by atoms with Gasteiger partial charge in [-0.15, -0.1) is 0 Å². The average molecular weight is 314 g/mol. The lowest BCUT2D eigenvalue weighted by atomic mass is 10.3. The highest BCUT2D eigenvalue weighted by atomic mass is 32.2. The molecule has 0 fully saturated rings. The van der Waals surface area contributed by atoms with Gasteiger partial charge in [-0.2, -0.15) is 4.72 Å². The number of nitro groups is 1. The number of nitro benzene ring substituents is 1. The minimum atomic E-state index is -3.85. The van der Waals surface area contributed by atoms with Crippen LogP contribution in [0.4, 0.5) is 5.69 Å². The Kier molecular flexibility index (Phi) is 4.26. The fraction of sp³-hybridized carbons (Fsp3) is 0.333. The minimum Gasteiger partial charge on any atom is -0.473 e. The molecule has 0 amide bonds. The molecule has 114 valence electrons. The van der Waals surface area contributed by atoms with Crippen molar-refractivity contribution < 1.29 is 22.8 Å². The van der Waals surface area contributed by atoms with E-state index in [0.29, 0.717) is 5.57 Å². The quantitative estimate of drug-likeness (QED) is 0.666. The van der Waals surface area contributed by atoms with Crippen molar-refractivity contribution in [3.05, 3.63) is 46.2 Å². The van der Waals surface area contributed by atoms with Crippen molar-refractivity contribution in [1.82, 2.24) is 4.72 Å². The third kappa shape index (κ3) is 3.57. The van der Waals surface area contributed by atoms with E-state index in [-0.39, 0.29) is 10.6 Å². The lowest BCUT2D eigenvalue weighted by Gasteiger charge is -2.27. The van der Waals surface area contributed by atoms with Gasteiger partial charge < -0.3 is 9.47 Å². The highest BCUT2D eigenvalue weighted by Crippen LogP contribution is 2.19. The Balaban J connectivity index is 2.20. The predicted octanol–water partition coefficient (Wildman–Crippen LogP) is 1.50. The first-order valence-corrected chi connectivity index (χ1v) is 7.52. The van der Waals surface area contributed by atoms with Gasteiger partial charge in [0.1, 0.15) is 0 Å². The normalized spacial score (nSPS) is 22.3. The van der Waals surface area contributed by atoms with Crippen LogP contribution in [0.15, 0.2) is 41.0 Å². The number of nitrogens with zero attached hydrogens (tertiary/aromatic N) is 1.